The highest BCUT2D eigenvalue weighted by molar-refractivity contribution is 6.00. The highest BCUT2D eigenvalue weighted by atomic mass is 16.5. The molecule has 0 unspecified atom stereocenters. The number of hydrogen-bond acceptors (Lipinski definition) is 8. The number of amidine groups is 1. The van der Waals surface area contributed by atoms with Crippen molar-refractivity contribution in [2.24, 2.45) is 5.73 Å². The van der Waals surface area contributed by atoms with Gasteiger partial charge in [0.15, 0.2) is 0 Å². The third kappa shape index (κ3) is 8.96. The third-order valence-electron chi connectivity index (χ3n) is 5.43. The maximum absolute atomic E-state index is 13.3. The van der Waals surface area contributed by atoms with Gasteiger partial charge in [-0.3, -0.25) is 15.0 Å². The second kappa shape index (κ2) is 14.9. The van der Waals surface area contributed by atoms with E-state index in [0.717, 1.165) is 0 Å². The van der Waals surface area contributed by atoms with Crippen LogP contribution in [0.5, 0.6) is 5.75 Å². The van der Waals surface area contributed by atoms with Gasteiger partial charge in [-0.15, -0.1) is 6.58 Å². The maximum atomic E-state index is 13.3. The van der Waals surface area contributed by atoms with Gasteiger partial charge < -0.3 is 24.8 Å². The number of ether oxygens (including phenoxy) is 3. The zero-order chi connectivity index (χ0) is 28.9. The Bertz CT molecular complexity index is 1230. The van der Waals surface area contributed by atoms with Crippen molar-refractivity contribution in [1.29, 1.82) is 5.41 Å². The number of nitrogen functional groups attached to an aromatic ring is 1. The number of benzene rings is 2. The molecule has 0 saturated heterocycles. The molecular formula is C29H33N3O7. The molecule has 10 heteroatoms. The van der Waals surface area contributed by atoms with Gasteiger partial charge in [0.25, 0.3) is 5.91 Å². The van der Waals surface area contributed by atoms with Crippen molar-refractivity contribution in [3.63, 3.8) is 0 Å². The van der Waals surface area contributed by atoms with Crippen LogP contribution in [0.15, 0.2) is 66.8 Å². The minimum absolute atomic E-state index is 0.00503. The van der Waals surface area contributed by atoms with Crippen LogP contribution >= 0.6 is 0 Å². The number of carbonyl (C=O) groups excluding carboxylic acids is 4. The lowest BCUT2D eigenvalue weighted by Crippen LogP contribution is -2.47. The number of nitrogens with one attached hydrogen (secondary N) is 1. The summed E-state index contributed by atoms with van der Waals surface area (Å²) in [5.74, 6) is -2.20. The molecule has 0 radical (unpaired) electrons. The van der Waals surface area contributed by atoms with E-state index >= 15 is 0 Å². The topological polar surface area (TPSA) is 149 Å². The van der Waals surface area contributed by atoms with E-state index in [4.69, 9.17) is 25.4 Å². The molecule has 0 heterocycles. The minimum Gasteiger partial charge on any atom is -0.466 e. The van der Waals surface area contributed by atoms with E-state index in [1.165, 1.54) is 11.0 Å². The number of nitrogens with two attached hydrogens (primary N) is 1. The first-order valence-electron chi connectivity index (χ1n) is 12.3. The summed E-state index contributed by atoms with van der Waals surface area (Å²) in [4.78, 5) is 51.8. The van der Waals surface area contributed by atoms with Crippen molar-refractivity contribution in [1.82, 2.24) is 4.90 Å². The molecule has 0 fully saturated rings. The van der Waals surface area contributed by atoms with Crippen LogP contribution in [0.4, 0.5) is 0 Å². The summed E-state index contributed by atoms with van der Waals surface area (Å²) < 4.78 is 15.4. The van der Waals surface area contributed by atoms with E-state index < -0.39 is 29.9 Å². The average molecular weight is 536 g/mol. The molecule has 206 valence electrons. The number of rotatable bonds is 13. The Morgan fingerprint density at radius 1 is 0.974 bits per heavy atom. The van der Waals surface area contributed by atoms with Crippen molar-refractivity contribution in [3.8, 4) is 5.75 Å². The lowest BCUT2D eigenvalue weighted by atomic mass is 10.1. The minimum atomic E-state index is -1.18. The molecule has 0 aliphatic carbocycles. The first-order chi connectivity index (χ1) is 18.6. The van der Waals surface area contributed by atoms with Crippen molar-refractivity contribution >= 4 is 35.7 Å². The van der Waals surface area contributed by atoms with Crippen LogP contribution in [0.25, 0.3) is 6.08 Å². The van der Waals surface area contributed by atoms with E-state index in [0.29, 0.717) is 16.9 Å². The molecular weight excluding hydrogens is 502 g/mol. The lowest BCUT2D eigenvalue weighted by molar-refractivity contribution is -0.158. The van der Waals surface area contributed by atoms with Gasteiger partial charge in [0.2, 0.25) is 0 Å². The number of amides is 1. The predicted molar refractivity (Wildman–Crippen MR) is 146 cm³/mol. The van der Waals surface area contributed by atoms with Gasteiger partial charge in [0.1, 0.15) is 17.6 Å². The molecule has 10 nitrogen and oxygen atoms in total. The van der Waals surface area contributed by atoms with Gasteiger partial charge in [-0.05, 0) is 68.8 Å². The molecule has 0 aromatic heterocycles. The van der Waals surface area contributed by atoms with Crippen LogP contribution in [-0.4, -0.2) is 60.4 Å². The van der Waals surface area contributed by atoms with Crippen molar-refractivity contribution in [3.05, 3.63) is 83.4 Å². The quantitative estimate of drug-likeness (QED) is 0.0989. The summed E-state index contributed by atoms with van der Waals surface area (Å²) in [7, 11) is 0. The smallest absolute Gasteiger partial charge is 0.343 e. The summed E-state index contributed by atoms with van der Waals surface area (Å²) in [5.41, 5.74) is 7.14. The first-order valence-corrected chi connectivity index (χ1v) is 12.3. The van der Waals surface area contributed by atoms with E-state index in [9.17, 15) is 19.2 Å². The lowest BCUT2D eigenvalue weighted by Gasteiger charge is -2.29. The molecule has 1 atom stereocenters. The largest absolute Gasteiger partial charge is 0.466 e. The summed E-state index contributed by atoms with van der Waals surface area (Å²) in [6.45, 7) is 8.75. The molecule has 0 aliphatic heterocycles. The van der Waals surface area contributed by atoms with Crippen LogP contribution < -0.4 is 10.5 Å². The maximum Gasteiger partial charge on any atom is 0.343 e. The fraction of sp³-hybridized carbons (Fsp3) is 0.276. The monoisotopic (exact) mass is 535 g/mol. The molecule has 0 aliphatic rings. The number of nitrogens with zero attached hydrogens (tertiary/aromatic N) is 1. The molecule has 2 rings (SSSR count). The summed E-state index contributed by atoms with van der Waals surface area (Å²) in [5, 5.41) is 7.42. The number of carbonyl (C=O) groups is 4. The molecule has 1 amide bonds. The van der Waals surface area contributed by atoms with E-state index in [1.807, 2.05) is 0 Å². The average Bonchev–Trinajstić information content (AvgIpc) is 2.91. The fourth-order valence-corrected chi connectivity index (χ4v) is 3.55. The molecule has 0 bridgehead atoms. The summed E-state index contributed by atoms with van der Waals surface area (Å²) in [6, 6.07) is 11.5. The molecule has 0 saturated carbocycles. The van der Waals surface area contributed by atoms with Crippen LogP contribution in [0.1, 0.15) is 48.7 Å². The molecule has 0 spiro atoms. The van der Waals surface area contributed by atoms with Gasteiger partial charge in [0, 0.05) is 17.7 Å². The van der Waals surface area contributed by atoms with Gasteiger partial charge in [-0.2, -0.15) is 0 Å². The first kappa shape index (κ1) is 30.5. The van der Waals surface area contributed by atoms with Crippen LogP contribution in [0, 0.1) is 5.41 Å². The second-order valence-electron chi connectivity index (χ2n) is 8.30. The van der Waals surface area contributed by atoms with Crippen LogP contribution in [-0.2, 0) is 23.9 Å². The van der Waals surface area contributed by atoms with Gasteiger partial charge in [0.05, 0.1) is 25.2 Å². The Hall–Kier alpha value is -4.73. The van der Waals surface area contributed by atoms with Crippen molar-refractivity contribution < 1.29 is 33.4 Å². The molecule has 2 aromatic rings. The molecule has 3 N–H and O–H groups in total. The Kier molecular flexibility index (Phi) is 11.6. The SMILES string of the molecule is C=CCN(C(=O)/C(C)=C/c1ccc(C(=O)Oc2ccc(C(=N)N)cc2)cc1)[C@@H](CC(=O)OCC)C(=O)OCC. The highest BCUT2D eigenvalue weighted by Gasteiger charge is 2.33. The van der Waals surface area contributed by atoms with Gasteiger partial charge >= 0.3 is 17.9 Å². The van der Waals surface area contributed by atoms with E-state index in [1.54, 1.807) is 75.4 Å². The standard InChI is InChI=1S/C29H33N3O7/c1-5-16-32(24(29(36)38-7-3)18-25(33)37-6-2)27(34)19(4)17-20-8-10-22(11-9-20)28(35)39-23-14-12-21(13-15-23)26(30)31/h5,8-15,17,24H,1,6-7,16,18H2,2-4H3,(H3,30,31)/b19-17+/t24-/m0/s1. The van der Waals surface area contributed by atoms with Gasteiger partial charge in [-0.1, -0.05) is 18.2 Å². The molecule has 39 heavy (non-hydrogen) atoms. The zero-order valence-corrected chi connectivity index (χ0v) is 22.3. The van der Waals surface area contributed by atoms with E-state index in [-0.39, 0.29) is 43.2 Å². The van der Waals surface area contributed by atoms with Gasteiger partial charge in [-0.25, -0.2) is 9.59 Å². The normalized spacial score (nSPS) is 11.6. The second-order valence-corrected chi connectivity index (χ2v) is 8.30. The fourth-order valence-electron chi connectivity index (χ4n) is 3.55. The van der Waals surface area contributed by atoms with Crippen LogP contribution in [0.3, 0.4) is 0 Å². The number of esters is 3. The Morgan fingerprint density at radius 2 is 1.56 bits per heavy atom. The van der Waals surface area contributed by atoms with Crippen LogP contribution in [0.2, 0.25) is 0 Å². The summed E-state index contributed by atoms with van der Waals surface area (Å²) in [6.07, 6.45) is 2.70. The Morgan fingerprint density at radius 3 is 2.10 bits per heavy atom. The predicted octanol–water partition coefficient (Wildman–Crippen LogP) is 3.49. The molecule has 2 aromatic carbocycles. The highest BCUT2D eigenvalue weighted by Crippen LogP contribution is 2.18. The third-order valence-corrected chi connectivity index (χ3v) is 5.43. The van der Waals surface area contributed by atoms with Crippen molar-refractivity contribution in [2.45, 2.75) is 33.2 Å². The summed E-state index contributed by atoms with van der Waals surface area (Å²) >= 11 is 0. The van der Waals surface area contributed by atoms with Crippen molar-refractivity contribution in [2.75, 3.05) is 19.8 Å². The Labute approximate surface area is 227 Å². The number of hydrogen-bond donors (Lipinski definition) is 2. The Balaban J connectivity index is 2.20. The zero-order valence-electron chi connectivity index (χ0n) is 22.3. The van der Waals surface area contributed by atoms with E-state index in [2.05, 4.69) is 6.58 Å².